The summed E-state index contributed by atoms with van der Waals surface area (Å²) in [6.07, 6.45) is 4.03. The third-order valence-electron chi connectivity index (χ3n) is 3.89. The van der Waals surface area contributed by atoms with Crippen molar-refractivity contribution in [3.63, 3.8) is 0 Å². The first kappa shape index (κ1) is 14.1. The minimum atomic E-state index is 0.435. The second-order valence-corrected chi connectivity index (χ2v) is 5.29. The van der Waals surface area contributed by atoms with E-state index >= 15 is 0 Å². The second-order valence-electron chi connectivity index (χ2n) is 5.29. The highest BCUT2D eigenvalue weighted by atomic mass is 16.5. The predicted molar refractivity (Wildman–Crippen MR) is 77.3 cm³/mol. The van der Waals surface area contributed by atoms with Crippen LogP contribution in [0.2, 0.25) is 0 Å². The van der Waals surface area contributed by atoms with Gasteiger partial charge in [0.2, 0.25) is 0 Å². The van der Waals surface area contributed by atoms with Crippen molar-refractivity contribution in [1.29, 1.82) is 0 Å². The van der Waals surface area contributed by atoms with E-state index in [4.69, 9.17) is 4.74 Å². The van der Waals surface area contributed by atoms with Crippen LogP contribution in [0, 0.1) is 11.8 Å². The molecule has 0 saturated heterocycles. The molecular weight excluding hydrogens is 240 g/mol. The van der Waals surface area contributed by atoms with Gasteiger partial charge in [0.1, 0.15) is 18.2 Å². The summed E-state index contributed by atoms with van der Waals surface area (Å²) in [5.74, 6) is 3.99. The van der Waals surface area contributed by atoms with Gasteiger partial charge in [-0.15, -0.1) is 0 Å². The molecule has 0 amide bonds. The Hall–Kier alpha value is -1.36. The lowest BCUT2D eigenvalue weighted by atomic mass is 9.98. The summed E-state index contributed by atoms with van der Waals surface area (Å²) in [6, 6.07) is 1.94. The Morgan fingerprint density at radius 3 is 2.74 bits per heavy atom. The molecule has 0 aliphatic heterocycles. The van der Waals surface area contributed by atoms with Crippen molar-refractivity contribution < 1.29 is 4.74 Å². The predicted octanol–water partition coefficient (Wildman–Crippen LogP) is 2.51. The van der Waals surface area contributed by atoms with Gasteiger partial charge >= 0.3 is 0 Å². The number of ether oxygens (including phenoxy) is 1. The molecule has 0 bridgehead atoms. The maximum Gasteiger partial charge on any atom is 0.158 e. The normalized spacial score (nSPS) is 22.5. The fourth-order valence-electron chi connectivity index (χ4n) is 2.67. The Labute approximate surface area is 115 Å². The van der Waals surface area contributed by atoms with E-state index in [1.54, 1.807) is 7.11 Å². The van der Waals surface area contributed by atoms with Crippen LogP contribution in [0.15, 0.2) is 6.07 Å². The van der Waals surface area contributed by atoms with Gasteiger partial charge in [-0.2, -0.15) is 0 Å². The lowest BCUT2D eigenvalue weighted by molar-refractivity contribution is 0.178. The molecule has 2 atom stereocenters. The van der Waals surface area contributed by atoms with Crippen LogP contribution in [0.25, 0.3) is 0 Å². The molecular formula is C14H24N4O. The van der Waals surface area contributed by atoms with E-state index < -0.39 is 0 Å². The number of hydrogen-bond donors (Lipinski definition) is 2. The lowest BCUT2D eigenvalue weighted by Gasteiger charge is -2.17. The molecule has 1 aromatic rings. The van der Waals surface area contributed by atoms with Gasteiger partial charge in [0, 0.05) is 26.8 Å². The zero-order valence-corrected chi connectivity index (χ0v) is 12.1. The highest BCUT2D eigenvalue weighted by molar-refractivity contribution is 5.47. The molecule has 2 unspecified atom stereocenters. The van der Waals surface area contributed by atoms with Crippen LogP contribution in [0.1, 0.15) is 32.0 Å². The molecule has 1 aliphatic carbocycles. The zero-order valence-electron chi connectivity index (χ0n) is 12.1. The molecule has 106 valence electrons. The van der Waals surface area contributed by atoms with Crippen molar-refractivity contribution in [3.05, 3.63) is 11.9 Å². The van der Waals surface area contributed by atoms with Gasteiger partial charge < -0.3 is 15.4 Å². The SMILES string of the molecule is CNc1cc(NCC2CCCC2C)nc(COC)n1. The van der Waals surface area contributed by atoms with Gasteiger partial charge in [-0.05, 0) is 18.3 Å². The average Bonchev–Trinajstić information content (AvgIpc) is 2.82. The van der Waals surface area contributed by atoms with Crippen molar-refractivity contribution in [2.75, 3.05) is 31.3 Å². The maximum absolute atomic E-state index is 5.10. The third kappa shape index (κ3) is 3.80. The van der Waals surface area contributed by atoms with Crippen LogP contribution in [0.4, 0.5) is 11.6 Å². The van der Waals surface area contributed by atoms with Gasteiger partial charge in [-0.3, -0.25) is 0 Å². The van der Waals surface area contributed by atoms with E-state index in [1.165, 1.54) is 19.3 Å². The first-order valence-electron chi connectivity index (χ1n) is 7.01. The summed E-state index contributed by atoms with van der Waals surface area (Å²) in [5, 5.41) is 6.50. The lowest BCUT2D eigenvalue weighted by Crippen LogP contribution is -2.17. The van der Waals surface area contributed by atoms with E-state index in [1.807, 2.05) is 13.1 Å². The summed E-state index contributed by atoms with van der Waals surface area (Å²) < 4.78 is 5.10. The Bertz CT molecular complexity index is 410. The number of nitrogens with one attached hydrogen (secondary N) is 2. The van der Waals surface area contributed by atoms with E-state index in [2.05, 4.69) is 27.5 Å². The van der Waals surface area contributed by atoms with E-state index in [9.17, 15) is 0 Å². The number of rotatable bonds is 6. The number of hydrogen-bond acceptors (Lipinski definition) is 5. The third-order valence-corrected chi connectivity index (χ3v) is 3.89. The summed E-state index contributed by atoms with van der Waals surface area (Å²) in [6.45, 7) is 3.77. The monoisotopic (exact) mass is 264 g/mol. The molecule has 1 saturated carbocycles. The van der Waals surface area contributed by atoms with Gasteiger partial charge in [-0.25, -0.2) is 9.97 Å². The van der Waals surface area contributed by atoms with Gasteiger partial charge in [0.05, 0.1) is 0 Å². The van der Waals surface area contributed by atoms with Crippen LogP contribution in [0.3, 0.4) is 0 Å². The zero-order chi connectivity index (χ0) is 13.7. The van der Waals surface area contributed by atoms with Gasteiger partial charge in [0.15, 0.2) is 5.82 Å². The Kier molecular flexibility index (Phi) is 4.96. The fraction of sp³-hybridized carbons (Fsp3) is 0.714. The molecule has 1 aliphatic rings. The molecule has 0 radical (unpaired) electrons. The minimum Gasteiger partial charge on any atom is -0.377 e. The molecule has 1 fully saturated rings. The Balaban J connectivity index is 2.00. The largest absolute Gasteiger partial charge is 0.377 e. The summed E-state index contributed by atoms with van der Waals surface area (Å²) in [5.41, 5.74) is 0. The van der Waals surface area contributed by atoms with Crippen LogP contribution >= 0.6 is 0 Å². The highest BCUT2D eigenvalue weighted by Crippen LogP contribution is 2.31. The highest BCUT2D eigenvalue weighted by Gasteiger charge is 2.23. The number of nitrogens with zero attached hydrogens (tertiary/aromatic N) is 2. The van der Waals surface area contributed by atoms with Crippen molar-refractivity contribution in [2.45, 2.75) is 32.8 Å². The van der Waals surface area contributed by atoms with Crippen LogP contribution < -0.4 is 10.6 Å². The van der Waals surface area contributed by atoms with E-state index in [0.717, 1.165) is 30.0 Å². The Morgan fingerprint density at radius 1 is 1.32 bits per heavy atom. The molecule has 1 heterocycles. The smallest absolute Gasteiger partial charge is 0.158 e. The van der Waals surface area contributed by atoms with Crippen molar-refractivity contribution in [1.82, 2.24) is 9.97 Å². The molecule has 0 spiro atoms. The summed E-state index contributed by atoms with van der Waals surface area (Å²) in [7, 11) is 3.52. The van der Waals surface area contributed by atoms with Gasteiger partial charge in [-0.1, -0.05) is 19.8 Å². The summed E-state index contributed by atoms with van der Waals surface area (Å²) >= 11 is 0. The molecule has 2 rings (SSSR count). The van der Waals surface area contributed by atoms with Crippen LogP contribution in [0.5, 0.6) is 0 Å². The Morgan fingerprint density at radius 2 is 2.11 bits per heavy atom. The molecule has 5 heteroatoms. The average molecular weight is 264 g/mol. The van der Waals surface area contributed by atoms with Crippen molar-refractivity contribution >= 4 is 11.6 Å². The minimum absolute atomic E-state index is 0.435. The molecule has 19 heavy (non-hydrogen) atoms. The number of aromatic nitrogens is 2. The van der Waals surface area contributed by atoms with Crippen LogP contribution in [-0.2, 0) is 11.3 Å². The van der Waals surface area contributed by atoms with E-state index in [-0.39, 0.29) is 0 Å². The molecule has 5 nitrogen and oxygen atoms in total. The maximum atomic E-state index is 5.10. The number of anilines is 2. The topological polar surface area (TPSA) is 59.1 Å². The molecule has 2 N–H and O–H groups in total. The summed E-state index contributed by atoms with van der Waals surface area (Å²) in [4.78, 5) is 8.82. The quantitative estimate of drug-likeness (QED) is 0.826. The fourth-order valence-corrected chi connectivity index (χ4v) is 2.67. The molecule has 0 aromatic carbocycles. The molecule has 1 aromatic heterocycles. The van der Waals surface area contributed by atoms with Crippen LogP contribution in [-0.4, -0.2) is 30.7 Å². The van der Waals surface area contributed by atoms with Crippen molar-refractivity contribution in [3.8, 4) is 0 Å². The standard InChI is InChI=1S/C14H24N4O/c1-10-5-4-6-11(10)8-16-13-7-12(15-2)17-14(18-13)9-19-3/h7,10-11H,4-6,8-9H2,1-3H3,(H2,15,16,17,18). The van der Waals surface area contributed by atoms with Gasteiger partial charge in [0.25, 0.3) is 0 Å². The second kappa shape index (κ2) is 6.70. The van der Waals surface area contributed by atoms with Crippen molar-refractivity contribution in [2.24, 2.45) is 11.8 Å². The first-order chi connectivity index (χ1) is 9.22. The number of methoxy groups -OCH3 is 1. The van der Waals surface area contributed by atoms with E-state index in [0.29, 0.717) is 12.4 Å². The first-order valence-corrected chi connectivity index (χ1v) is 7.01.